The van der Waals surface area contributed by atoms with Crippen LogP contribution in [0.5, 0.6) is 11.5 Å². The molecule has 0 aromatic heterocycles. The third kappa shape index (κ3) is 6.39. The summed E-state index contributed by atoms with van der Waals surface area (Å²) in [5.41, 5.74) is 3.52. The molecule has 0 spiro atoms. The predicted octanol–water partition coefficient (Wildman–Crippen LogP) is 3.08. The number of hydrogen-bond donors (Lipinski definition) is 2. The number of hydrogen-bond acceptors (Lipinski definition) is 4. The van der Waals surface area contributed by atoms with Gasteiger partial charge in [0.15, 0.2) is 5.96 Å². The Morgan fingerprint density at radius 3 is 2.86 bits per heavy atom. The van der Waals surface area contributed by atoms with E-state index >= 15 is 0 Å². The van der Waals surface area contributed by atoms with Crippen LogP contribution in [0.2, 0.25) is 0 Å². The summed E-state index contributed by atoms with van der Waals surface area (Å²) < 4.78 is 16.9. The van der Waals surface area contributed by atoms with Crippen LogP contribution in [0.3, 0.4) is 0 Å². The van der Waals surface area contributed by atoms with Gasteiger partial charge in [-0.2, -0.15) is 0 Å². The van der Waals surface area contributed by atoms with Crippen molar-refractivity contribution in [1.29, 1.82) is 0 Å². The maximum absolute atomic E-state index is 6.18. The van der Waals surface area contributed by atoms with Crippen molar-refractivity contribution in [2.45, 2.75) is 32.4 Å². The van der Waals surface area contributed by atoms with Gasteiger partial charge in [0.25, 0.3) is 0 Å². The van der Waals surface area contributed by atoms with E-state index in [9.17, 15) is 0 Å². The molecule has 1 unspecified atom stereocenters. The maximum atomic E-state index is 6.18. The van der Waals surface area contributed by atoms with E-state index < -0.39 is 0 Å². The van der Waals surface area contributed by atoms with Crippen molar-refractivity contribution in [2.24, 2.45) is 4.99 Å². The van der Waals surface area contributed by atoms with E-state index in [0.29, 0.717) is 13.2 Å². The van der Waals surface area contributed by atoms with Gasteiger partial charge >= 0.3 is 0 Å². The molecule has 1 saturated heterocycles. The summed E-state index contributed by atoms with van der Waals surface area (Å²) in [4.78, 5) is 4.33. The first-order chi connectivity index (χ1) is 14.2. The van der Waals surface area contributed by atoms with E-state index in [1.807, 2.05) is 12.1 Å². The van der Waals surface area contributed by atoms with E-state index in [-0.39, 0.29) is 6.10 Å². The largest absolute Gasteiger partial charge is 0.497 e. The van der Waals surface area contributed by atoms with Crippen LogP contribution < -0.4 is 20.1 Å². The van der Waals surface area contributed by atoms with E-state index in [1.54, 1.807) is 14.2 Å². The van der Waals surface area contributed by atoms with Crippen molar-refractivity contribution in [3.05, 3.63) is 59.2 Å². The lowest BCUT2D eigenvalue weighted by molar-refractivity contribution is 0.140. The molecule has 1 heterocycles. The molecule has 0 radical (unpaired) electrons. The maximum Gasteiger partial charge on any atom is 0.191 e. The number of benzene rings is 2. The Morgan fingerprint density at radius 2 is 2.10 bits per heavy atom. The van der Waals surface area contributed by atoms with E-state index in [0.717, 1.165) is 49.0 Å². The van der Waals surface area contributed by atoms with Crippen LogP contribution >= 0.6 is 0 Å². The van der Waals surface area contributed by atoms with Crippen LogP contribution in [0, 0.1) is 6.92 Å². The van der Waals surface area contributed by atoms with Crippen molar-refractivity contribution in [3.63, 3.8) is 0 Å². The summed E-state index contributed by atoms with van der Waals surface area (Å²) in [7, 11) is 3.47. The van der Waals surface area contributed by atoms with E-state index in [1.165, 1.54) is 11.1 Å². The minimum atomic E-state index is 0.135. The van der Waals surface area contributed by atoms with Crippen molar-refractivity contribution in [1.82, 2.24) is 10.6 Å². The predicted molar refractivity (Wildman–Crippen MR) is 116 cm³/mol. The average molecular weight is 398 g/mol. The van der Waals surface area contributed by atoms with Gasteiger partial charge in [-0.1, -0.05) is 24.3 Å². The van der Waals surface area contributed by atoms with Crippen molar-refractivity contribution in [3.8, 4) is 11.5 Å². The third-order valence-corrected chi connectivity index (χ3v) is 4.91. The fourth-order valence-electron chi connectivity index (χ4n) is 3.26. The molecule has 2 aromatic rings. The first-order valence-corrected chi connectivity index (χ1v) is 10.1. The average Bonchev–Trinajstić information content (AvgIpc) is 3.25. The zero-order valence-corrected chi connectivity index (χ0v) is 17.5. The minimum absolute atomic E-state index is 0.135. The fourth-order valence-corrected chi connectivity index (χ4v) is 3.26. The molecule has 2 N–H and O–H groups in total. The van der Waals surface area contributed by atoms with Gasteiger partial charge < -0.3 is 24.8 Å². The Morgan fingerprint density at radius 1 is 1.21 bits per heavy atom. The molecule has 6 nitrogen and oxygen atoms in total. The molecule has 1 aliphatic heterocycles. The van der Waals surface area contributed by atoms with Crippen LogP contribution in [0.1, 0.15) is 23.1 Å². The first kappa shape index (κ1) is 21.0. The summed E-state index contributed by atoms with van der Waals surface area (Å²) in [5.74, 6) is 2.56. The lowest BCUT2D eigenvalue weighted by Gasteiger charge is -2.18. The summed E-state index contributed by atoms with van der Waals surface area (Å²) in [6, 6.07) is 14.4. The lowest BCUT2D eigenvalue weighted by atomic mass is 10.1. The number of nitrogens with zero attached hydrogens (tertiary/aromatic N) is 1. The quantitative estimate of drug-likeness (QED) is 0.529. The second-order valence-electron chi connectivity index (χ2n) is 7.17. The number of ether oxygens (including phenoxy) is 3. The number of aliphatic imine (C=N–C) groups is 1. The van der Waals surface area contributed by atoms with Crippen LogP contribution in [-0.2, 0) is 17.7 Å². The highest BCUT2D eigenvalue weighted by Gasteiger charge is 2.18. The van der Waals surface area contributed by atoms with Gasteiger partial charge in [0.1, 0.15) is 17.6 Å². The van der Waals surface area contributed by atoms with Gasteiger partial charge in [-0.3, -0.25) is 4.99 Å². The summed E-state index contributed by atoms with van der Waals surface area (Å²) in [6.07, 6.45) is 1.96. The Hall–Kier alpha value is -2.73. The number of rotatable bonds is 8. The number of guanidine groups is 1. The van der Waals surface area contributed by atoms with Crippen LogP contribution in [0.25, 0.3) is 0 Å². The van der Waals surface area contributed by atoms with Crippen LogP contribution in [0.4, 0.5) is 0 Å². The number of nitrogens with one attached hydrogen (secondary N) is 2. The molecule has 0 amide bonds. The van der Waals surface area contributed by atoms with E-state index in [2.05, 4.69) is 52.9 Å². The normalized spacial score (nSPS) is 16.5. The summed E-state index contributed by atoms with van der Waals surface area (Å²) in [5, 5.41) is 6.75. The Kier molecular flexibility index (Phi) is 7.76. The highest BCUT2D eigenvalue weighted by molar-refractivity contribution is 5.79. The molecule has 0 bridgehead atoms. The van der Waals surface area contributed by atoms with Crippen molar-refractivity contribution >= 4 is 5.96 Å². The van der Waals surface area contributed by atoms with Gasteiger partial charge in [-0.15, -0.1) is 0 Å². The Labute approximate surface area is 173 Å². The molecule has 29 heavy (non-hydrogen) atoms. The first-order valence-electron chi connectivity index (χ1n) is 10.1. The molecular formula is C23H31N3O3. The zero-order valence-electron chi connectivity index (χ0n) is 17.5. The van der Waals surface area contributed by atoms with Crippen LogP contribution in [0.15, 0.2) is 47.5 Å². The van der Waals surface area contributed by atoms with Crippen molar-refractivity contribution in [2.75, 3.05) is 33.9 Å². The highest BCUT2D eigenvalue weighted by Crippen LogP contribution is 2.23. The smallest absolute Gasteiger partial charge is 0.191 e. The summed E-state index contributed by atoms with van der Waals surface area (Å²) >= 11 is 0. The standard InChI is InChI=1S/C23H31N3O3/c1-17-7-8-19(22(13-17)29-21-10-12-28-16-21)15-26-23(24-2)25-11-9-18-5-4-6-20(14-18)27-3/h4-8,13-14,21H,9-12,15-16H2,1-3H3,(H2,24,25,26). The second-order valence-corrected chi connectivity index (χ2v) is 7.17. The highest BCUT2D eigenvalue weighted by atomic mass is 16.5. The van der Waals surface area contributed by atoms with Crippen LogP contribution in [-0.4, -0.2) is 46.0 Å². The molecule has 1 fully saturated rings. The van der Waals surface area contributed by atoms with Gasteiger partial charge in [-0.25, -0.2) is 0 Å². The molecule has 6 heteroatoms. The molecular weight excluding hydrogens is 366 g/mol. The third-order valence-electron chi connectivity index (χ3n) is 4.91. The Bertz CT molecular complexity index is 817. The molecule has 1 aliphatic rings. The number of methoxy groups -OCH3 is 1. The molecule has 1 atom stereocenters. The monoisotopic (exact) mass is 397 g/mol. The van der Waals surface area contributed by atoms with E-state index in [4.69, 9.17) is 14.2 Å². The summed E-state index contributed by atoms with van der Waals surface area (Å²) in [6.45, 7) is 4.93. The van der Waals surface area contributed by atoms with Gasteiger partial charge in [0.05, 0.1) is 20.3 Å². The molecule has 3 rings (SSSR count). The zero-order chi connectivity index (χ0) is 20.5. The molecule has 0 saturated carbocycles. The Balaban J connectivity index is 1.52. The molecule has 0 aliphatic carbocycles. The van der Waals surface area contributed by atoms with Gasteiger partial charge in [0.2, 0.25) is 0 Å². The molecule has 156 valence electrons. The minimum Gasteiger partial charge on any atom is -0.497 e. The topological polar surface area (TPSA) is 64.1 Å². The van der Waals surface area contributed by atoms with Gasteiger partial charge in [0, 0.05) is 32.1 Å². The fraction of sp³-hybridized carbons (Fsp3) is 0.435. The SMILES string of the molecule is CN=C(NCCc1cccc(OC)c1)NCc1ccc(C)cc1OC1CCOC1. The lowest BCUT2D eigenvalue weighted by Crippen LogP contribution is -2.38. The second kappa shape index (κ2) is 10.7. The van der Waals surface area contributed by atoms with Gasteiger partial charge in [-0.05, 0) is 42.7 Å². The van der Waals surface area contributed by atoms with Crippen molar-refractivity contribution < 1.29 is 14.2 Å². The number of aryl methyl sites for hydroxylation is 1. The molecule has 2 aromatic carbocycles.